The van der Waals surface area contributed by atoms with Crippen LogP contribution in [-0.2, 0) is 4.79 Å². The summed E-state index contributed by atoms with van der Waals surface area (Å²) in [6.07, 6.45) is 1.14. The summed E-state index contributed by atoms with van der Waals surface area (Å²) in [4.78, 5) is 18.6. The zero-order chi connectivity index (χ0) is 14.3. The predicted octanol–water partition coefficient (Wildman–Crippen LogP) is 0.939. The Morgan fingerprint density at radius 2 is 2.05 bits per heavy atom. The number of nitrogens with zero attached hydrogens (tertiary/aromatic N) is 2. The maximum Gasteiger partial charge on any atom is 0.316 e. The van der Waals surface area contributed by atoms with Crippen LogP contribution in [0.5, 0.6) is 6.01 Å². The van der Waals surface area contributed by atoms with Gasteiger partial charge in [0, 0.05) is 30.6 Å². The number of aromatic nitrogens is 2. The average molecular weight is 286 g/mol. The second-order valence-corrected chi connectivity index (χ2v) is 5.14. The molecule has 0 saturated heterocycles. The van der Waals surface area contributed by atoms with Crippen LogP contribution in [0.25, 0.3) is 0 Å². The van der Waals surface area contributed by atoms with Crippen LogP contribution in [0.2, 0.25) is 0 Å². The topological polar surface area (TPSA) is 92.5 Å². The zero-order valence-electron chi connectivity index (χ0n) is 10.9. The summed E-state index contributed by atoms with van der Waals surface area (Å²) in [5.74, 6) is 0.464. The van der Waals surface area contributed by atoms with E-state index in [1.165, 1.54) is 19.3 Å². The number of carbonyl (C=O) groups excluding carboxylic acids is 1. The molecule has 1 heterocycles. The first-order valence-corrected chi connectivity index (χ1v) is 6.97. The van der Waals surface area contributed by atoms with E-state index in [1.54, 1.807) is 0 Å². The maximum absolute atomic E-state index is 10.7. The molecule has 0 fully saturated rings. The lowest BCUT2D eigenvalue weighted by atomic mass is 10.1. The molecule has 2 N–H and O–H groups in total. The molecule has 0 aliphatic heterocycles. The van der Waals surface area contributed by atoms with Crippen LogP contribution in [-0.4, -0.2) is 43.8 Å². The molecule has 1 rings (SSSR count). The summed E-state index contributed by atoms with van der Waals surface area (Å²) >= 11 is 1.12. The van der Waals surface area contributed by atoms with E-state index >= 15 is 0 Å². The highest BCUT2D eigenvalue weighted by molar-refractivity contribution is 8.13. The van der Waals surface area contributed by atoms with Gasteiger partial charge < -0.3 is 14.9 Å². The Morgan fingerprint density at radius 3 is 2.58 bits per heavy atom. The van der Waals surface area contributed by atoms with E-state index in [1.807, 2.05) is 6.92 Å². The molecule has 0 radical (unpaired) electrons. The van der Waals surface area contributed by atoms with Crippen molar-refractivity contribution >= 4 is 16.9 Å². The molecule has 19 heavy (non-hydrogen) atoms. The number of thioether (sulfide) groups is 1. The molecular formula is C12H18N2O4S. The standard InChI is InChI=1S/C12H18N2O4S/c1-3-18-12-13-6-9(7-14-12)11(17)10(16)4-5-19-8(2)15/h6-7,10-11,16-17H,3-5H2,1-2H3. The number of ether oxygens (including phenoxy) is 1. The number of carbonyl (C=O) groups is 1. The lowest BCUT2D eigenvalue weighted by Crippen LogP contribution is -2.19. The van der Waals surface area contributed by atoms with Crippen LogP contribution >= 0.6 is 11.8 Å². The van der Waals surface area contributed by atoms with Crippen molar-refractivity contribution in [1.82, 2.24) is 9.97 Å². The molecule has 1 aromatic heterocycles. The van der Waals surface area contributed by atoms with Gasteiger partial charge in [0.1, 0.15) is 6.10 Å². The summed E-state index contributed by atoms with van der Waals surface area (Å²) < 4.78 is 5.09. The van der Waals surface area contributed by atoms with E-state index in [4.69, 9.17) is 4.74 Å². The molecular weight excluding hydrogens is 268 g/mol. The quantitative estimate of drug-likeness (QED) is 0.770. The molecule has 0 aliphatic rings. The molecule has 0 saturated carbocycles. The number of rotatable bonds is 7. The Labute approximate surface area is 116 Å². The van der Waals surface area contributed by atoms with Crippen molar-refractivity contribution < 1.29 is 19.7 Å². The molecule has 6 nitrogen and oxygen atoms in total. The van der Waals surface area contributed by atoms with Crippen LogP contribution in [0.15, 0.2) is 12.4 Å². The number of aliphatic hydroxyl groups excluding tert-OH is 2. The van der Waals surface area contributed by atoms with Gasteiger partial charge in [-0.1, -0.05) is 11.8 Å². The lowest BCUT2D eigenvalue weighted by molar-refractivity contribution is -0.109. The summed E-state index contributed by atoms with van der Waals surface area (Å²) in [5, 5.41) is 19.7. The third kappa shape index (κ3) is 5.54. The van der Waals surface area contributed by atoms with Crippen molar-refractivity contribution in [2.24, 2.45) is 0 Å². The van der Waals surface area contributed by atoms with Crippen molar-refractivity contribution in [3.05, 3.63) is 18.0 Å². The third-order valence-corrected chi connectivity index (χ3v) is 3.19. The van der Waals surface area contributed by atoms with Gasteiger partial charge in [-0.2, -0.15) is 0 Å². The minimum atomic E-state index is -1.07. The Balaban J connectivity index is 2.51. The normalized spacial score (nSPS) is 13.9. The van der Waals surface area contributed by atoms with Crippen molar-refractivity contribution in [3.8, 4) is 6.01 Å². The zero-order valence-corrected chi connectivity index (χ0v) is 11.8. The van der Waals surface area contributed by atoms with Crippen molar-refractivity contribution in [2.75, 3.05) is 12.4 Å². The van der Waals surface area contributed by atoms with Gasteiger partial charge in [-0.3, -0.25) is 4.79 Å². The van der Waals surface area contributed by atoms with Crippen LogP contribution in [0.3, 0.4) is 0 Å². The summed E-state index contributed by atoms with van der Waals surface area (Å²) in [7, 11) is 0. The molecule has 106 valence electrons. The summed E-state index contributed by atoms with van der Waals surface area (Å²) in [6, 6.07) is 0.236. The Bertz CT molecular complexity index is 399. The molecule has 2 unspecified atom stereocenters. The fourth-order valence-electron chi connectivity index (χ4n) is 1.39. The maximum atomic E-state index is 10.7. The van der Waals surface area contributed by atoms with Gasteiger partial charge in [0.2, 0.25) is 0 Å². The highest BCUT2D eigenvalue weighted by Gasteiger charge is 2.19. The van der Waals surface area contributed by atoms with E-state index in [9.17, 15) is 15.0 Å². The van der Waals surface area contributed by atoms with Crippen LogP contribution in [0, 0.1) is 0 Å². The van der Waals surface area contributed by atoms with Gasteiger partial charge >= 0.3 is 6.01 Å². The predicted molar refractivity (Wildman–Crippen MR) is 71.9 cm³/mol. The fraction of sp³-hybridized carbons (Fsp3) is 0.583. The smallest absolute Gasteiger partial charge is 0.316 e. The van der Waals surface area contributed by atoms with E-state index in [2.05, 4.69) is 9.97 Å². The number of hydrogen-bond donors (Lipinski definition) is 2. The largest absolute Gasteiger partial charge is 0.464 e. The second-order valence-electron chi connectivity index (χ2n) is 3.87. The van der Waals surface area contributed by atoms with Crippen LogP contribution in [0.1, 0.15) is 31.9 Å². The fourth-order valence-corrected chi connectivity index (χ4v) is 2.03. The van der Waals surface area contributed by atoms with Gasteiger partial charge in [0.25, 0.3) is 0 Å². The highest BCUT2D eigenvalue weighted by atomic mass is 32.2. The Morgan fingerprint density at radius 1 is 1.42 bits per heavy atom. The van der Waals surface area contributed by atoms with E-state index in [0.29, 0.717) is 24.3 Å². The number of aliphatic hydroxyl groups is 2. The molecule has 0 aromatic carbocycles. The van der Waals surface area contributed by atoms with Gasteiger partial charge in [0.15, 0.2) is 5.12 Å². The lowest BCUT2D eigenvalue weighted by Gasteiger charge is -2.17. The second kappa shape index (κ2) is 8.08. The van der Waals surface area contributed by atoms with Gasteiger partial charge in [-0.25, -0.2) is 9.97 Å². The summed E-state index contributed by atoms with van der Waals surface area (Å²) in [5.41, 5.74) is 0.420. The van der Waals surface area contributed by atoms with Crippen molar-refractivity contribution in [1.29, 1.82) is 0 Å². The van der Waals surface area contributed by atoms with E-state index in [-0.39, 0.29) is 11.1 Å². The van der Waals surface area contributed by atoms with Crippen LogP contribution < -0.4 is 4.74 Å². The van der Waals surface area contributed by atoms with Gasteiger partial charge in [-0.15, -0.1) is 0 Å². The third-order valence-electron chi connectivity index (χ3n) is 2.35. The minimum Gasteiger partial charge on any atom is -0.464 e. The molecule has 1 aromatic rings. The molecule has 0 bridgehead atoms. The van der Waals surface area contributed by atoms with Crippen molar-refractivity contribution in [2.45, 2.75) is 32.5 Å². The van der Waals surface area contributed by atoms with Crippen LogP contribution in [0.4, 0.5) is 0 Å². The van der Waals surface area contributed by atoms with E-state index < -0.39 is 12.2 Å². The van der Waals surface area contributed by atoms with Crippen molar-refractivity contribution in [3.63, 3.8) is 0 Å². The Hall–Kier alpha value is -1.18. The van der Waals surface area contributed by atoms with Gasteiger partial charge in [-0.05, 0) is 13.3 Å². The average Bonchev–Trinajstić information content (AvgIpc) is 2.38. The molecule has 0 amide bonds. The monoisotopic (exact) mass is 286 g/mol. The first-order valence-electron chi connectivity index (χ1n) is 5.98. The molecule has 7 heteroatoms. The van der Waals surface area contributed by atoms with E-state index in [0.717, 1.165) is 11.8 Å². The summed E-state index contributed by atoms with van der Waals surface area (Å²) in [6.45, 7) is 3.75. The first kappa shape index (κ1) is 15.9. The molecule has 0 spiro atoms. The highest BCUT2D eigenvalue weighted by Crippen LogP contribution is 2.20. The molecule has 2 atom stereocenters. The SMILES string of the molecule is CCOc1ncc(C(O)C(O)CCSC(C)=O)cn1. The molecule has 0 aliphatic carbocycles. The minimum absolute atomic E-state index is 0.00825. The van der Waals surface area contributed by atoms with Gasteiger partial charge in [0.05, 0.1) is 12.7 Å². The first-order chi connectivity index (χ1) is 9.04. The Kier molecular flexibility index (Phi) is 6.75. The number of hydrogen-bond acceptors (Lipinski definition) is 7.